The molecular formula is C25H21ClF5N5O3. The number of aliphatic hydroxyl groups is 1. The Morgan fingerprint density at radius 3 is 2.51 bits per heavy atom. The second kappa shape index (κ2) is 10.4. The second-order valence-electron chi connectivity index (χ2n) is 9.02. The van der Waals surface area contributed by atoms with E-state index >= 15 is 4.39 Å². The van der Waals surface area contributed by atoms with Gasteiger partial charge in [0.25, 0.3) is 0 Å². The quantitative estimate of drug-likeness (QED) is 0.234. The molecule has 1 amide bonds. The minimum absolute atomic E-state index is 0.0127. The third kappa shape index (κ3) is 4.76. The molecule has 2 aromatic carbocycles. The van der Waals surface area contributed by atoms with Crippen molar-refractivity contribution in [1.29, 1.82) is 5.41 Å². The van der Waals surface area contributed by atoms with E-state index in [1.54, 1.807) is 12.3 Å². The van der Waals surface area contributed by atoms with Crippen molar-refractivity contribution >= 4 is 34.8 Å². The van der Waals surface area contributed by atoms with Gasteiger partial charge in [-0.3, -0.25) is 10.2 Å². The highest BCUT2D eigenvalue weighted by molar-refractivity contribution is 6.30. The highest BCUT2D eigenvalue weighted by Gasteiger charge is 2.38. The van der Waals surface area contributed by atoms with Crippen LogP contribution in [0.1, 0.15) is 12.0 Å². The number of nitrogens with one attached hydrogen (secondary N) is 2. The molecule has 3 aromatic rings. The molecule has 0 spiro atoms. The summed E-state index contributed by atoms with van der Waals surface area (Å²) in [6.45, 7) is 0.200. The fourth-order valence-electron chi connectivity index (χ4n) is 4.72. The number of fused-ring (bicyclic) bond motifs is 1. The number of likely N-dealkylation sites (tertiary alicyclic amines) is 1. The van der Waals surface area contributed by atoms with E-state index in [-0.39, 0.29) is 36.8 Å². The van der Waals surface area contributed by atoms with E-state index in [0.29, 0.717) is 24.3 Å². The second-order valence-corrected chi connectivity index (χ2v) is 9.54. The molecule has 5 rings (SSSR count). The largest absolute Gasteiger partial charge is 0.451 e. The molecule has 3 heterocycles. The molecule has 8 nitrogen and oxygen atoms in total. The zero-order valence-corrected chi connectivity index (χ0v) is 20.8. The Bertz CT molecular complexity index is 1430. The Labute approximate surface area is 223 Å². The molecule has 1 fully saturated rings. The number of aromatic nitrogens is 1. The van der Waals surface area contributed by atoms with Crippen LogP contribution in [0.4, 0.5) is 33.5 Å². The average molecular weight is 570 g/mol. The molecule has 0 radical (unpaired) electrons. The van der Waals surface area contributed by atoms with Crippen LogP contribution in [0.2, 0.25) is 0 Å². The molecule has 206 valence electrons. The van der Waals surface area contributed by atoms with E-state index in [9.17, 15) is 27.5 Å². The maximum Gasteiger partial charge on any atom is 0.243 e. The van der Waals surface area contributed by atoms with Crippen LogP contribution in [0.25, 0.3) is 0 Å². The Kier molecular flexibility index (Phi) is 7.12. The molecule has 1 saturated heterocycles. The highest BCUT2D eigenvalue weighted by atomic mass is 35.5. The normalized spacial score (nSPS) is 18.0. The van der Waals surface area contributed by atoms with Gasteiger partial charge in [0.1, 0.15) is 22.8 Å². The Morgan fingerprint density at radius 1 is 1.13 bits per heavy atom. The van der Waals surface area contributed by atoms with Crippen molar-refractivity contribution in [2.45, 2.75) is 17.8 Å². The molecule has 0 saturated carbocycles. The van der Waals surface area contributed by atoms with Crippen molar-refractivity contribution < 1.29 is 36.6 Å². The number of halogens is 6. The predicted molar refractivity (Wildman–Crippen MR) is 132 cm³/mol. The number of alkyl halides is 1. The third-order valence-electron chi connectivity index (χ3n) is 6.68. The molecule has 14 heteroatoms. The number of nitrogens with zero attached hydrogens (tertiary/aromatic N) is 3. The number of hydrogen-bond donors (Lipinski definition) is 3. The van der Waals surface area contributed by atoms with Gasteiger partial charge in [0.15, 0.2) is 17.5 Å². The van der Waals surface area contributed by atoms with Gasteiger partial charge in [-0.05, 0) is 24.6 Å². The first-order valence-corrected chi connectivity index (χ1v) is 12.2. The van der Waals surface area contributed by atoms with Gasteiger partial charge in [0, 0.05) is 31.4 Å². The summed E-state index contributed by atoms with van der Waals surface area (Å²) in [7, 11) is 0. The van der Waals surface area contributed by atoms with Gasteiger partial charge < -0.3 is 29.5 Å². The Morgan fingerprint density at radius 2 is 1.85 bits per heavy atom. The summed E-state index contributed by atoms with van der Waals surface area (Å²) in [4.78, 5) is 20.3. The number of carbonyl (C=O) groups is 1. The number of anilines is 2. The van der Waals surface area contributed by atoms with E-state index in [2.05, 4.69) is 4.98 Å². The molecule has 2 atom stereocenters. The van der Waals surface area contributed by atoms with Crippen LogP contribution >= 0.6 is 11.6 Å². The maximum absolute atomic E-state index is 15.3. The number of aliphatic hydroxyl groups excluding tert-OH is 1. The summed E-state index contributed by atoms with van der Waals surface area (Å²) in [6.07, 6.45) is 2.18. The summed E-state index contributed by atoms with van der Waals surface area (Å²) in [5, 5.41) is 16.8. The SMILES string of the molecule is N=C1c2cc[nH]c2N([C@@H]2CCN(C(=O)C(Cl)CO)C2)CN1c1ccc(Oc2c(F)c(F)cc(F)c2F)cc1F. The van der Waals surface area contributed by atoms with Gasteiger partial charge in [-0.1, -0.05) is 0 Å². The molecule has 2 aliphatic heterocycles. The lowest BCUT2D eigenvalue weighted by Gasteiger charge is -2.41. The smallest absolute Gasteiger partial charge is 0.243 e. The van der Waals surface area contributed by atoms with Crippen LogP contribution in [-0.4, -0.2) is 64.5 Å². The number of hydrogen-bond acceptors (Lipinski definition) is 5. The first kappa shape index (κ1) is 26.8. The predicted octanol–water partition coefficient (Wildman–Crippen LogP) is 4.31. The van der Waals surface area contributed by atoms with Gasteiger partial charge in [0.2, 0.25) is 23.3 Å². The summed E-state index contributed by atoms with van der Waals surface area (Å²) in [6, 6.07) is 4.61. The lowest BCUT2D eigenvalue weighted by atomic mass is 10.1. The lowest BCUT2D eigenvalue weighted by Crippen LogP contribution is -2.52. The number of aromatic amines is 1. The third-order valence-corrected chi connectivity index (χ3v) is 7.00. The fraction of sp³-hybridized carbons (Fsp3) is 0.280. The molecule has 0 aliphatic carbocycles. The summed E-state index contributed by atoms with van der Waals surface area (Å²) < 4.78 is 75.3. The van der Waals surface area contributed by atoms with E-state index in [0.717, 1.165) is 12.1 Å². The average Bonchev–Trinajstić information content (AvgIpc) is 3.61. The monoisotopic (exact) mass is 569 g/mol. The van der Waals surface area contributed by atoms with Gasteiger partial charge in [0.05, 0.1) is 30.6 Å². The molecule has 39 heavy (non-hydrogen) atoms. The Hall–Kier alpha value is -3.84. The standard InChI is InChI=1S/C25H21ClF5N5O3/c26-15(10-37)25(38)34-6-4-12(9-34)35-11-36(23(32)14-3-5-33-24(14)35)19-2-1-13(7-16(19)27)39-22-20(30)17(28)8-18(29)21(22)31/h1-3,5,7-8,12,15,32-33,37H,4,6,9-11H2/t12-,15?/m1/s1. The van der Waals surface area contributed by atoms with Gasteiger partial charge in [-0.15, -0.1) is 11.6 Å². The number of amides is 1. The lowest BCUT2D eigenvalue weighted by molar-refractivity contribution is -0.130. The van der Waals surface area contributed by atoms with Crippen LogP contribution < -0.4 is 14.5 Å². The molecule has 2 aliphatic rings. The summed E-state index contributed by atoms with van der Waals surface area (Å²) in [5.74, 6) is -9.41. The van der Waals surface area contributed by atoms with Gasteiger partial charge >= 0.3 is 0 Å². The minimum Gasteiger partial charge on any atom is -0.451 e. The fourth-order valence-corrected chi connectivity index (χ4v) is 4.86. The zero-order chi connectivity index (χ0) is 28.0. The molecule has 0 bridgehead atoms. The first-order chi connectivity index (χ1) is 18.6. The maximum atomic E-state index is 15.3. The topological polar surface area (TPSA) is 95.9 Å². The van der Waals surface area contributed by atoms with Crippen molar-refractivity contribution in [3.8, 4) is 11.5 Å². The molecule has 1 aromatic heterocycles. The van der Waals surface area contributed by atoms with E-state index in [1.165, 1.54) is 15.9 Å². The number of H-pyrrole nitrogens is 1. The van der Waals surface area contributed by atoms with Crippen molar-refractivity contribution in [3.63, 3.8) is 0 Å². The molecule has 3 N–H and O–H groups in total. The van der Waals surface area contributed by atoms with E-state index < -0.39 is 58.5 Å². The van der Waals surface area contributed by atoms with Gasteiger partial charge in [-0.25, -0.2) is 13.2 Å². The number of carbonyl (C=O) groups excluding carboxylic acids is 1. The summed E-state index contributed by atoms with van der Waals surface area (Å²) in [5.41, 5.74) is 0.401. The number of amidine groups is 1. The van der Waals surface area contributed by atoms with Crippen LogP contribution in [-0.2, 0) is 4.79 Å². The Balaban J connectivity index is 1.41. The van der Waals surface area contributed by atoms with Crippen LogP contribution in [0, 0.1) is 34.5 Å². The molecule has 1 unspecified atom stereocenters. The van der Waals surface area contributed by atoms with Crippen LogP contribution in [0.5, 0.6) is 11.5 Å². The van der Waals surface area contributed by atoms with Crippen LogP contribution in [0.15, 0.2) is 36.5 Å². The van der Waals surface area contributed by atoms with Gasteiger partial charge in [-0.2, -0.15) is 8.78 Å². The zero-order valence-electron chi connectivity index (χ0n) is 20.0. The van der Waals surface area contributed by atoms with E-state index in [1.807, 2.05) is 4.90 Å². The summed E-state index contributed by atoms with van der Waals surface area (Å²) >= 11 is 5.90. The highest BCUT2D eigenvalue weighted by Crippen LogP contribution is 2.36. The minimum atomic E-state index is -1.77. The first-order valence-electron chi connectivity index (χ1n) is 11.7. The number of rotatable bonds is 6. The molecular weight excluding hydrogens is 549 g/mol. The van der Waals surface area contributed by atoms with E-state index in [4.69, 9.17) is 21.7 Å². The number of ether oxygens (including phenoxy) is 1. The van der Waals surface area contributed by atoms with Crippen molar-refractivity contribution in [2.75, 3.05) is 36.2 Å². The van der Waals surface area contributed by atoms with Crippen molar-refractivity contribution in [2.24, 2.45) is 0 Å². The number of benzene rings is 2. The van der Waals surface area contributed by atoms with Crippen molar-refractivity contribution in [3.05, 3.63) is 71.2 Å². The van der Waals surface area contributed by atoms with Crippen LogP contribution in [0.3, 0.4) is 0 Å². The van der Waals surface area contributed by atoms with Crippen molar-refractivity contribution in [1.82, 2.24) is 9.88 Å².